The summed E-state index contributed by atoms with van der Waals surface area (Å²) in [5.74, 6) is 0.0439. The molecule has 13 heavy (non-hydrogen) atoms. The molecule has 1 amide bonds. The topological polar surface area (TPSA) is 34.0 Å². The third-order valence-electron chi connectivity index (χ3n) is 2.34. The van der Waals surface area contributed by atoms with E-state index >= 15 is 0 Å². The highest BCUT2D eigenvalue weighted by molar-refractivity contribution is 5.79. The highest BCUT2D eigenvalue weighted by Gasteiger charge is 2.15. The van der Waals surface area contributed by atoms with Gasteiger partial charge in [0.25, 0.3) is 0 Å². The van der Waals surface area contributed by atoms with E-state index in [0.717, 1.165) is 11.4 Å². The normalized spacial score (nSPS) is 12.6. The molecule has 0 aliphatic heterocycles. The molecule has 1 rings (SSSR count). The lowest BCUT2D eigenvalue weighted by Gasteiger charge is -2.16. The van der Waals surface area contributed by atoms with Crippen LogP contribution in [0, 0.1) is 13.8 Å². The van der Waals surface area contributed by atoms with E-state index in [9.17, 15) is 4.79 Å². The maximum absolute atomic E-state index is 11.4. The van der Waals surface area contributed by atoms with Crippen molar-refractivity contribution in [3.8, 4) is 0 Å². The number of hydrogen-bond acceptors (Lipinski definition) is 1. The van der Waals surface area contributed by atoms with Crippen LogP contribution in [0.3, 0.4) is 0 Å². The number of aryl methyl sites for hydroxylation is 2. The molecule has 0 aliphatic carbocycles. The summed E-state index contributed by atoms with van der Waals surface area (Å²) in [7, 11) is 1.66. The summed E-state index contributed by atoms with van der Waals surface area (Å²) >= 11 is 0. The molecule has 1 N–H and O–H groups in total. The van der Waals surface area contributed by atoms with Gasteiger partial charge in [-0.3, -0.25) is 4.79 Å². The highest BCUT2D eigenvalue weighted by atomic mass is 16.2. The van der Waals surface area contributed by atoms with Gasteiger partial charge in [0.05, 0.1) is 0 Å². The molecule has 1 atom stereocenters. The van der Waals surface area contributed by atoms with Crippen LogP contribution in [0.1, 0.15) is 24.4 Å². The molecule has 0 bridgehead atoms. The van der Waals surface area contributed by atoms with Gasteiger partial charge >= 0.3 is 0 Å². The van der Waals surface area contributed by atoms with Crippen LogP contribution < -0.4 is 5.32 Å². The van der Waals surface area contributed by atoms with Crippen molar-refractivity contribution in [3.63, 3.8) is 0 Å². The van der Waals surface area contributed by atoms with Crippen molar-refractivity contribution in [2.75, 3.05) is 7.05 Å². The van der Waals surface area contributed by atoms with E-state index in [4.69, 9.17) is 0 Å². The van der Waals surface area contributed by atoms with Gasteiger partial charge in [-0.25, -0.2) is 0 Å². The van der Waals surface area contributed by atoms with Crippen LogP contribution in [0.4, 0.5) is 0 Å². The zero-order valence-corrected chi connectivity index (χ0v) is 8.59. The Hall–Kier alpha value is -1.25. The van der Waals surface area contributed by atoms with Gasteiger partial charge in [0.2, 0.25) is 5.91 Å². The molecule has 1 aromatic heterocycles. The number of carbonyl (C=O) groups excluding carboxylic acids is 1. The molecule has 0 saturated carbocycles. The van der Waals surface area contributed by atoms with Crippen molar-refractivity contribution in [1.82, 2.24) is 9.88 Å². The van der Waals surface area contributed by atoms with E-state index < -0.39 is 0 Å². The van der Waals surface area contributed by atoms with Crippen molar-refractivity contribution in [2.24, 2.45) is 0 Å². The number of carbonyl (C=O) groups is 1. The van der Waals surface area contributed by atoms with E-state index in [0.29, 0.717) is 0 Å². The summed E-state index contributed by atoms with van der Waals surface area (Å²) in [4.78, 5) is 11.4. The van der Waals surface area contributed by atoms with Gasteiger partial charge < -0.3 is 9.88 Å². The maximum Gasteiger partial charge on any atom is 0.242 e. The van der Waals surface area contributed by atoms with E-state index in [1.165, 1.54) is 0 Å². The zero-order valence-electron chi connectivity index (χ0n) is 8.59. The summed E-state index contributed by atoms with van der Waals surface area (Å²) in [6.45, 7) is 5.91. The predicted molar refractivity (Wildman–Crippen MR) is 52.7 cm³/mol. The summed E-state index contributed by atoms with van der Waals surface area (Å²) in [6.07, 6.45) is 0. The standard InChI is InChI=1S/C10H16N2O/c1-7-5-6-8(2)12(7)9(3)10(13)11-4/h5-6,9H,1-4H3,(H,11,13). The summed E-state index contributed by atoms with van der Waals surface area (Å²) in [5, 5.41) is 2.65. The number of rotatable bonds is 2. The first-order valence-electron chi connectivity index (χ1n) is 4.44. The fraction of sp³-hybridized carbons (Fsp3) is 0.500. The minimum absolute atomic E-state index is 0.0439. The molecule has 72 valence electrons. The Labute approximate surface area is 78.8 Å². The van der Waals surface area contributed by atoms with E-state index in [-0.39, 0.29) is 11.9 Å². The molecule has 0 aromatic carbocycles. The fourth-order valence-electron chi connectivity index (χ4n) is 1.62. The number of nitrogens with one attached hydrogen (secondary N) is 1. The van der Waals surface area contributed by atoms with Gasteiger partial charge in [0, 0.05) is 18.4 Å². The molecule has 1 heterocycles. The highest BCUT2D eigenvalue weighted by Crippen LogP contribution is 2.14. The van der Waals surface area contributed by atoms with Gasteiger partial charge in [-0.05, 0) is 32.9 Å². The Kier molecular flexibility index (Phi) is 2.76. The number of nitrogens with zero attached hydrogens (tertiary/aromatic N) is 1. The minimum atomic E-state index is -0.125. The second-order valence-corrected chi connectivity index (χ2v) is 3.28. The Morgan fingerprint density at radius 1 is 1.38 bits per heavy atom. The summed E-state index contributed by atoms with van der Waals surface area (Å²) in [5.41, 5.74) is 2.24. The van der Waals surface area contributed by atoms with Gasteiger partial charge in [-0.15, -0.1) is 0 Å². The average molecular weight is 180 g/mol. The van der Waals surface area contributed by atoms with E-state index in [2.05, 4.69) is 5.32 Å². The van der Waals surface area contributed by atoms with Crippen molar-refractivity contribution in [1.29, 1.82) is 0 Å². The van der Waals surface area contributed by atoms with E-state index in [1.807, 2.05) is 37.5 Å². The second-order valence-electron chi connectivity index (χ2n) is 3.28. The van der Waals surface area contributed by atoms with Gasteiger partial charge in [0.1, 0.15) is 6.04 Å². The smallest absolute Gasteiger partial charge is 0.242 e. The third-order valence-corrected chi connectivity index (χ3v) is 2.34. The first-order chi connectivity index (χ1) is 6.07. The van der Waals surface area contributed by atoms with Crippen molar-refractivity contribution in [3.05, 3.63) is 23.5 Å². The SMILES string of the molecule is CNC(=O)C(C)n1c(C)ccc1C. The summed E-state index contributed by atoms with van der Waals surface area (Å²) in [6, 6.07) is 3.92. The fourth-order valence-corrected chi connectivity index (χ4v) is 1.62. The number of amides is 1. The lowest BCUT2D eigenvalue weighted by Crippen LogP contribution is -2.28. The molecule has 3 heteroatoms. The molecule has 0 fully saturated rings. The number of likely N-dealkylation sites (N-methyl/N-ethyl adjacent to an activating group) is 1. The molecule has 1 unspecified atom stereocenters. The molecule has 3 nitrogen and oxygen atoms in total. The van der Waals surface area contributed by atoms with E-state index in [1.54, 1.807) is 7.05 Å². The monoisotopic (exact) mass is 180 g/mol. The van der Waals surface area contributed by atoms with Crippen molar-refractivity contribution < 1.29 is 4.79 Å². The average Bonchev–Trinajstić information content (AvgIpc) is 2.44. The zero-order chi connectivity index (χ0) is 10.0. The number of hydrogen-bond donors (Lipinski definition) is 1. The molecular weight excluding hydrogens is 164 g/mol. The first kappa shape index (κ1) is 9.84. The van der Waals surface area contributed by atoms with Crippen LogP contribution in [-0.4, -0.2) is 17.5 Å². The van der Waals surface area contributed by atoms with Crippen LogP contribution in [-0.2, 0) is 4.79 Å². The van der Waals surface area contributed by atoms with Gasteiger partial charge in [0.15, 0.2) is 0 Å². The predicted octanol–water partition coefficient (Wildman–Crippen LogP) is 1.41. The van der Waals surface area contributed by atoms with Gasteiger partial charge in [-0.1, -0.05) is 0 Å². The number of aromatic nitrogens is 1. The lowest BCUT2D eigenvalue weighted by atomic mass is 10.3. The summed E-state index contributed by atoms with van der Waals surface area (Å²) < 4.78 is 2.03. The largest absolute Gasteiger partial charge is 0.357 e. The Morgan fingerprint density at radius 3 is 2.23 bits per heavy atom. The molecule has 0 spiro atoms. The lowest BCUT2D eigenvalue weighted by molar-refractivity contribution is -0.123. The molecule has 0 aliphatic rings. The first-order valence-corrected chi connectivity index (χ1v) is 4.44. The minimum Gasteiger partial charge on any atom is -0.357 e. The second kappa shape index (κ2) is 3.64. The van der Waals surface area contributed by atoms with Crippen LogP contribution in [0.5, 0.6) is 0 Å². The molecule has 0 radical (unpaired) electrons. The van der Waals surface area contributed by atoms with Crippen molar-refractivity contribution in [2.45, 2.75) is 26.8 Å². The Balaban J connectivity index is 3.00. The van der Waals surface area contributed by atoms with Crippen LogP contribution in [0.15, 0.2) is 12.1 Å². The van der Waals surface area contributed by atoms with Crippen LogP contribution in [0.25, 0.3) is 0 Å². The van der Waals surface area contributed by atoms with Crippen molar-refractivity contribution >= 4 is 5.91 Å². The third kappa shape index (κ3) is 1.74. The van der Waals surface area contributed by atoms with Crippen LogP contribution >= 0.6 is 0 Å². The molecular formula is C10H16N2O. The Morgan fingerprint density at radius 2 is 1.85 bits per heavy atom. The molecule has 0 saturated heterocycles. The quantitative estimate of drug-likeness (QED) is 0.733. The Bertz CT molecular complexity index is 295. The maximum atomic E-state index is 11.4. The molecule has 1 aromatic rings. The van der Waals surface area contributed by atoms with Gasteiger partial charge in [-0.2, -0.15) is 0 Å². The van der Waals surface area contributed by atoms with Crippen LogP contribution in [0.2, 0.25) is 0 Å².